The van der Waals surface area contributed by atoms with Crippen molar-refractivity contribution in [2.45, 2.75) is 44.3 Å². The molecule has 0 spiro atoms. The molecule has 0 bridgehead atoms. The number of pyridine rings is 1. The molecule has 116 valence electrons. The number of alkyl halides is 2. The minimum Gasteiger partial charge on any atom is -0.472 e. The van der Waals surface area contributed by atoms with Gasteiger partial charge in [-0.25, -0.2) is 13.8 Å². The Morgan fingerprint density at radius 2 is 2.14 bits per heavy atom. The van der Waals surface area contributed by atoms with Gasteiger partial charge in [0.2, 0.25) is 5.88 Å². The van der Waals surface area contributed by atoms with Crippen LogP contribution < -0.4 is 10.1 Å². The van der Waals surface area contributed by atoms with Crippen LogP contribution in [0.3, 0.4) is 0 Å². The van der Waals surface area contributed by atoms with Crippen LogP contribution in [0.15, 0.2) is 18.2 Å². The Bertz CT molecular complexity index is 491. The molecular weight excluding hydrogens is 282 g/mol. The molecule has 0 aliphatic heterocycles. The van der Waals surface area contributed by atoms with Crippen LogP contribution >= 0.6 is 0 Å². The van der Waals surface area contributed by atoms with Crippen molar-refractivity contribution in [2.24, 2.45) is 0 Å². The molecule has 0 saturated heterocycles. The normalized spacial score (nSPS) is 17.0. The fourth-order valence-electron chi connectivity index (χ4n) is 2.31. The van der Waals surface area contributed by atoms with Gasteiger partial charge in [0.05, 0.1) is 12.2 Å². The summed E-state index contributed by atoms with van der Waals surface area (Å²) in [5.41, 5.74) is -0.805. The topological polar surface area (TPSA) is 71.5 Å². The summed E-state index contributed by atoms with van der Waals surface area (Å²) in [6.07, 6.45) is 0.0260. The van der Waals surface area contributed by atoms with Gasteiger partial charge in [0, 0.05) is 6.07 Å². The van der Waals surface area contributed by atoms with E-state index in [0.717, 1.165) is 12.8 Å². The summed E-state index contributed by atoms with van der Waals surface area (Å²) >= 11 is 0. The molecule has 0 radical (unpaired) electrons. The number of nitrogens with one attached hydrogen (secondary N) is 1. The molecule has 1 aromatic heterocycles. The first-order chi connectivity index (χ1) is 9.99. The lowest BCUT2D eigenvalue weighted by molar-refractivity contribution is -0.139. The van der Waals surface area contributed by atoms with E-state index in [9.17, 15) is 18.7 Å². The predicted octanol–water partition coefficient (Wildman–Crippen LogP) is 1.65. The molecule has 2 rings (SSSR count). The quantitative estimate of drug-likeness (QED) is 0.838. The summed E-state index contributed by atoms with van der Waals surface area (Å²) in [4.78, 5) is 15.9. The van der Waals surface area contributed by atoms with Gasteiger partial charge in [-0.05, 0) is 31.7 Å². The zero-order valence-corrected chi connectivity index (χ0v) is 11.5. The molecule has 1 amide bonds. The van der Waals surface area contributed by atoms with Crippen LogP contribution in [0.1, 0.15) is 31.4 Å². The number of ether oxygens (including phenoxy) is 1. The van der Waals surface area contributed by atoms with Gasteiger partial charge >= 0.3 is 0 Å². The number of aromatic nitrogens is 1. The Morgan fingerprint density at radius 3 is 2.81 bits per heavy atom. The summed E-state index contributed by atoms with van der Waals surface area (Å²) in [5, 5.41) is 12.7. The van der Waals surface area contributed by atoms with Crippen molar-refractivity contribution >= 4 is 5.91 Å². The third-order valence-corrected chi connectivity index (χ3v) is 3.42. The van der Waals surface area contributed by atoms with E-state index in [2.05, 4.69) is 10.3 Å². The summed E-state index contributed by atoms with van der Waals surface area (Å²) in [6, 6.07) is 4.73. The van der Waals surface area contributed by atoms with Gasteiger partial charge in [0.25, 0.3) is 12.3 Å². The van der Waals surface area contributed by atoms with E-state index >= 15 is 0 Å². The first-order valence-corrected chi connectivity index (χ1v) is 6.87. The summed E-state index contributed by atoms with van der Waals surface area (Å²) in [5.74, 6) is -0.331. The predicted molar refractivity (Wildman–Crippen MR) is 71.0 cm³/mol. The molecule has 5 nitrogen and oxygen atoms in total. The molecule has 1 aliphatic carbocycles. The molecule has 1 heterocycles. The van der Waals surface area contributed by atoms with Gasteiger partial charge in [-0.15, -0.1) is 0 Å². The third-order valence-electron chi connectivity index (χ3n) is 3.42. The van der Waals surface area contributed by atoms with Gasteiger partial charge in [-0.3, -0.25) is 4.79 Å². The standard InChI is InChI=1S/C14H18F2N2O3/c15-11(16)9-21-12-5-3-4-10(18-12)8-17-13(19)14(20)6-1-2-7-14/h3-5,11,20H,1-2,6-9H2,(H,17,19). The fourth-order valence-corrected chi connectivity index (χ4v) is 2.31. The number of carbonyl (C=O) groups is 1. The average molecular weight is 300 g/mol. The van der Waals surface area contributed by atoms with Crippen LogP contribution in [0.2, 0.25) is 0 Å². The Balaban J connectivity index is 1.88. The molecule has 2 N–H and O–H groups in total. The Kier molecular flexibility index (Phi) is 5.06. The lowest BCUT2D eigenvalue weighted by atomic mass is 10.0. The monoisotopic (exact) mass is 300 g/mol. The van der Waals surface area contributed by atoms with E-state index in [1.165, 1.54) is 6.07 Å². The number of amides is 1. The Morgan fingerprint density at radius 1 is 1.43 bits per heavy atom. The lowest BCUT2D eigenvalue weighted by Crippen LogP contribution is -2.44. The highest BCUT2D eigenvalue weighted by molar-refractivity contribution is 5.85. The second-order valence-corrected chi connectivity index (χ2v) is 5.09. The van der Waals surface area contributed by atoms with E-state index in [4.69, 9.17) is 4.74 Å². The van der Waals surface area contributed by atoms with Crippen molar-refractivity contribution < 1.29 is 23.4 Å². The van der Waals surface area contributed by atoms with Crippen molar-refractivity contribution in [3.8, 4) is 5.88 Å². The minimum absolute atomic E-state index is 0.0848. The molecule has 1 fully saturated rings. The Hall–Kier alpha value is -1.76. The van der Waals surface area contributed by atoms with Gasteiger partial charge in [0.1, 0.15) is 5.60 Å². The van der Waals surface area contributed by atoms with E-state index in [-0.39, 0.29) is 12.4 Å². The van der Waals surface area contributed by atoms with Crippen LogP contribution in [0, 0.1) is 0 Å². The van der Waals surface area contributed by atoms with Crippen molar-refractivity contribution in [2.75, 3.05) is 6.61 Å². The van der Waals surface area contributed by atoms with Crippen LogP contribution in [0.5, 0.6) is 5.88 Å². The highest BCUT2D eigenvalue weighted by Crippen LogP contribution is 2.29. The lowest BCUT2D eigenvalue weighted by Gasteiger charge is -2.20. The maximum absolute atomic E-state index is 12.1. The minimum atomic E-state index is -2.56. The van der Waals surface area contributed by atoms with Crippen molar-refractivity contribution in [3.63, 3.8) is 0 Å². The van der Waals surface area contributed by atoms with Crippen LogP contribution in [0.4, 0.5) is 8.78 Å². The fraction of sp³-hybridized carbons (Fsp3) is 0.571. The summed E-state index contributed by atoms with van der Waals surface area (Å²) in [7, 11) is 0. The van der Waals surface area contributed by atoms with E-state index in [1.54, 1.807) is 12.1 Å². The van der Waals surface area contributed by atoms with Crippen LogP contribution in [0.25, 0.3) is 0 Å². The second kappa shape index (κ2) is 6.80. The molecule has 1 aliphatic rings. The SMILES string of the molecule is O=C(NCc1cccc(OCC(F)F)n1)C1(O)CCCC1. The maximum atomic E-state index is 12.1. The first kappa shape index (κ1) is 15.6. The smallest absolute Gasteiger partial charge is 0.272 e. The van der Waals surface area contributed by atoms with Gasteiger partial charge in [0.15, 0.2) is 6.61 Å². The number of hydrogen-bond donors (Lipinski definition) is 2. The number of halogens is 2. The maximum Gasteiger partial charge on any atom is 0.272 e. The largest absolute Gasteiger partial charge is 0.472 e. The summed E-state index contributed by atoms with van der Waals surface area (Å²) in [6.45, 7) is -0.602. The molecule has 7 heteroatoms. The average Bonchev–Trinajstić information content (AvgIpc) is 2.91. The molecule has 1 saturated carbocycles. The first-order valence-electron chi connectivity index (χ1n) is 6.87. The third kappa shape index (κ3) is 4.35. The van der Waals surface area contributed by atoms with Gasteiger partial charge in [-0.1, -0.05) is 6.07 Å². The molecule has 0 unspecified atom stereocenters. The van der Waals surface area contributed by atoms with E-state index in [0.29, 0.717) is 18.5 Å². The van der Waals surface area contributed by atoms with Crippen molar-refractivity contribution in [3.05, 3.63) is 23.9 Å². The molecular formula is C14H18F2N2O3. The van der Waals surface area contributed by atoms with E-state index in [1.807, 2.05) is 0 Å². The molecule has 1 aromatic rings. The van der Waals surface area contributed by atoms with Gasteiger partial charge in [-0.2, -0.15) is 0 Å². The highest BCUT2D eigenvalue weighted by atomic mass is 19.3. The summed E-state index contributed by atoms with van der Waals surface area (Å²) < 4.78 is 28.9. The second-order valence-electron chi connectivity index (χ2n) is 5.09. The zero-order valence-electron chi connectivity index (χ0n) is 11.5. The molecule has 0 atom stereocenters. The van der Waals surface area contributed by atoms with Gasteiger partial charge < -0.3 is 15.2 Å². The number of aliphatic hydroxyl groups is 1. The number of rotatable bonds is 6. The molecule has 0 aromatic carbocycles. The highest BCUT2D eigenvalue weighted by Gasteiger charge is 2.38. The van der Waals surface area contributed by atoms with Crippen LogP contribution in [-0.2, 0) is 11.3 Å². The number of hydrogen-bond acceptors (Lipinski definition) is 4. The van der Waals surface area contributed by atoms with Crippen LogP contribution in [-0.4, -0.2) is 34.6 Å². The van der Waals surface area contributed by atoms with E-state index < -0.39 is 24.5 Å². The Labute approximate surface area is 121 Å². The zero-order chi connectivity index (χ0) is 15.3. The number of nitrogens with zero attached hydrogens (tertiary/aromatic N) is 1. The molecule has 21 heavy (non-hydrogen) atoms. The number of carbonyl (C=O) groups excluding carboxylic acids is 1. The van der Waals surface area contributed by atoms with Crippen molar-refractivity contribution in [1.29, 1.82) is 0 Å². The van der Waals surface area contributed by atoms with Crippen molar-refractivity contribution in [1.82, 2.24) is 10.3 Å².